The topological polar surface area (TPSA) is 92.7 Å². The fourth-order valence-electron chi connectivity index (χ4n) is 3.04. The number of nitrogens with one attached hydrogen (secondary N) is 1. The van der Waals surface area contributed by atoms with Crippen molar-refractivity contribution in [3.05, 3.63) is 96.3 Å². The van der Waals surface area contributed by atoms with E-state index in [4.69, 9.17) is 4.74 Å². The Labute approximate surface area is 192 Å². The number of benzene rings is 3. The Bertz CT molecular complexity index is 1220. The van der Waals surface area contributed by atoms with Gasteiger partial charge >= 0.3 is 5.97 Å². The molecule has 0 aliphatic heterocycles. The van der Waals surface area contributed by atoms with Crippen LogP contribution in [0.2, 0.25) is 0 Å². The monoisotopic (exact) mass is 469 g/mol. The molecule has 0 aliphatic carbocycles. The number of hydrogen-bond donors (Lipinski definition) is 2. The minimum atomic E-state index is -4.14. The van der Waals surface area contributed by atoms with E-state index in [-0.39, 0.29) is 4.90 Å². The van der Waals surface area contributed by atoms with Crippen LogP contribution in [0.15, 0.2) is 89.8 Å². The summed E-state index contributed by atoms with van der Waals surface area (Å²) in [5, 5.41) is 9.74. The lowest BCUT2D eigenvalue weighted by molar-refractivity contribution is -0.141. The molecule has 0 spiro atoms. The molecule has 0 fully saturated rings. The number of carbonyl (C=O) groups is 1. The predicted octanol–water partition coefficient (Wildman–Crippen LogP) is 5.09. The normalized spacial score (nSPS) is 13.1. The van der Waals surface area contributed by atoms with Crippen molar-refractivity contribution in [2.24, 2.45) is 5.41 Å². The fraction of sp³-hybridized carbons (Fsp3) is 0.160. The number of aliphatic carboxylic acids is 1. The lowest BCUT2D eigenvalue weighted by atomic mass is 9.84. The van der Waals surface area contributed by atoms with Gasteiger partial charge in [0, 0.05) is 5.41 Å². The molecule has 1 atom stereocenters. The zero-order valence-corrected chi connectivity index (χ0v) is 18.9. The first kappa shape index (κ1) is 24.2. The average molecular weight is 470 g/mol. The Balaban J connectivity index is 1.76. The Morgan fingerprint density at radius 3 is 2.06 bits per heavy atom. The van der Waals surface area contributed by atoms with Crippen LogP contribution in [-0.2, 0) is 14.8 Å². The lowest BCUT2D eigenvalue weighted by Crippen LogP contribution is -2.49. The number of carboxylic acids is 1. The van der Waals surface area contributed by atoms with Crippen molar-refractivity contribution in [3.63, 3.8) is 0 Å². The van der Waals surface area contributed by atoms with Gasteiger partial charge in [0.1, 0.15) is 23.4 Å². The third-order valence-electron chi connectivity index (χ3n) is 4.95. The van der Waals surface area contributed by atoms with Crippen molar-refractivity contribution in [1.82, 2.24) is 4.72 Å². The van der Waals surface area contributed by atoms with Gasteiger partial charge in [-0.3, -0.25) is 4.79 Å². The van der Waals surface area contributed by atoms with E-state index >= 15 is 0 Å². The summed E-state index contributed by atoms with van der Waals surface area (Å²) in [5.41, 5.74) is -0.158. The number of halogens is 1. The van der Waals surface area contributed by atoms with Crippen LogP contribution < -0.4 is 9.46 Å². The molecule has 0 saturated heterocycles. The maximum atomic E-state index is 13.0. The molecule has 0 aliphatic rings. The highest BCUT2D eigenvalue weighted by Crippen LogP contribution is 2.27. The van der Waals surface area contributed by atoms with E-state index in [1.807, 2.05) is 30.3 Å². The summed E-state index contributed by atoms with van der Waals surface area (Å²) < 4.78 is 46.7. The number of sulfonamides is 1. The maximum absolute atomic E-state index is 13.0. The van der Waals surface area contributed by atoms with Crippen LogP contribution in [0.3, 0.4) is 0 Å². The predicted molar refractivity (Wildman–Crippen MR) is 124 cm³/mol. The minimum Gasteiger partial charge on any atom is -0.480 e. The van der Waals surface area contributed by atoms with E-state index in [2.05, 4.69) is 4.72 Å². The minimum absolute atomic E-state index is 0.108. The van der Waals surface area contributed by atoms with Gasteiger partial charge in [-0.1, -0.05) is 56.3 Å². The van der Waals surface area contributed by atoms with Gasteiger partial charge in [-0.2, -0.15) is 4.72 Å². The van der Waals surface area contributed by atoms with E-state index in [0.29, 0.717) is 11.5 Å². The molecule has 3 aromatic carbocycles. The smallest absolute Gasteiger partial charge is 0.322 e. The molecule has 3 rings (SSSR count). The van der Waals surface area contributed by atoms with Crippen LogP contribution in [-0.4, -0.2) is 25.5 Å². The summed E-state index contributed by atoms with van der Waals surface area (Å²) in [5.74, 6) is -0.952. The van der Waals surface area contributed by atoms with Crippen molar-refractivity contribution >= 4 is 22.1 Å². The van der Waals surface area contributed by atoms with E-state index < -0.39 is 33.3 Å². The standard InChI is InChI=1S/C25H24FNO5S/c1-25(2,17-16-18-6-4-3-5-7-18)23(24(28)29)27-33(30,31)22-14-12-21(13-15-22)32-20-10-8-19(26)9-11-20/h3-17,23,27H,1-2H3,(H,28,29)/b17-16-. The first-order chi connectivity index (χ1) is 15.6. The lowest BCUT2D eigenvalue weighted by Gasteiger charge is -2.29. The SMILES string of the molecule is CC(C)(/C=C\c1ccccc1)C(NS(=O)(=O)c1ccc(Oc2ccc(F)cc2)cc1)C(=O)O. The first-order valence-electron chi connectivity index (χ1n) is 10.1. The molecular weight excluding hydrogens is 445 g/mol. The zero-order chi connectivity index (χ0) is 24.1. The van der Waals surface area contributed by atoms with Crippen molar-refractivity contribution in [1.29, 1.82) is 0 Å². The Morgan fingerprint density at radius 1 is 0.970 bits per heavy atom. The van der Waals surface area contributed by atoms with Gasteiger partial charge in [-0.05, 0) is 54.1 Å². The zero-order valence-electron chi connectivity index (χ0n) is 18.1. The highest BCUT2D eigenvalue weighted by molar-refractivity contribution is 7.89. The highest BCUT2D eigenvalue weighted by atomic mass is 32.2. The molecule has 0 heterocycles. The molecule has 1 unspecified atom stereocenters. The quantitative estimate of drug-likeness (QED) is 0.455. The molecule has 0 radical (unpaired) electrons. The number of hydrogen-bond acceptors (Lipinski definition) is 4. The number of ether oxygens (including phenoxy) is 1. The summed E-state index contributed by atoms with van der Waals surface area (Å²) in [4.78, 5) is 11.8. The molecule has 6 nitrogen and oxygen atoms in total. The summed E-state index contributed by atoms with van der Waals surface area (Å²) in [7, 11) is -4.14. The van der Waals surface area contributed by atoms with Crippen LogP contribution >= 0.6 is 0 Å². The van der Waals surface area contributed by atoms with E-state index in [1.165, 1.54) is 48.5 Å². The van der Waals surface area contributed by atoms with Crippen molar-refractivity contribution in [2.75, 3.05) is 0 Å². The van der Waals surface area contributed by atoms with Crippen LogP contribution in [0.1, 0.15) is 19.4 Å². The second-order valence-corrected chi connectivity index (χ2v) is 9.70. The summed E-state index contributed by atoms with van der Waals surface area (Å²) >= 11 is 0. The molecule has 172 valence electrons. The van der Waals surface area contributed by atoms with Crippen molar-refractivity contribution < 1.29 is 27.4 Å². The third-order valence-corrected chi connectivity index (χ3v) is 6.39. The van der Waals surface area contributed by atoms with E-state index in [9.17, 15) is 22.7 Å². The molecule has 0 saturated carbocycles. The molecule has 8 heteroatoms. The summed E-state index contributed by atoms with van der Waals surface area (Å²) in [6, 6.07) is 18.8. The molecule has 0 bridgehead atoms. The van der Waals surface area contributed by atoms with Crippen LogP contribution in [0.25, 0.3) is 6.08 Å². The van der Waals surface area contributed by atoms with Gasteiger partial charge in [-0.25, -0.2) is 12.8 Å². The van der Waals surface area contributed by atoms with Crippen molar-refractivity contribution in [3.8, 4) is 11.5 Å². The Hall–Kier alpha value is -3.49. The summed E-state index contributed by atoms with van der Waals surface area (Å²) in [6.07, 6.45) is 3.43. The highest BCUT2D eigenvalue weighted by Gasteiger charge is 2.37. The van der Waals surface area contributed by atoms with Crippen molar-refractivity contribution in [2.45, 2.75) is 24.8 Å². The van der Waals surface area contributed by atoms with Crippen LogP contribution in [0.4, 0.5) is 4.39 Å². The van der Waals surface area contributed by atoms with Crippen LogP contribution in [0, 0.1) is 11.2 Å². The second kappa shape index (κ2) is 9.97. The van der Waals surface area contributed by atoms with E-state index in [0.717, 1.165) is 5.56 Å². The van der Waals surface area contributed by atoms with Gasteiger partial charge in [0.25, 0.3) is 0 Å². The first-order valence-corrected chi connectivity index (χ1v) is 11.6. The third kappa shape index (κ3) is 6.50. The molecule has 0 amide bonds. The Morgan fingerprint density at radius 2 is 1.52 bits per heavy atom. The van der Waals surface area contributed by atoms with Gasteiger partial charge in [-0.15, -0.1) is 0 Å². The van der Waals surface area contributed by atoms with Crippen LogP contribution in [0.5, 0.6) is 11.5 Å². The maximum Gasteiger partial charge on any atom is 0.322 e. The van der Waals surface area contributed by atoms with Gasteiger partial charge < -0.3 is 9.84 Å². The van der Waals surface area contributed by atoms with Gasteiger partial charge in [0.2, 0.25) is 10.0 Å². The molecule has 33 heavy (non-hydrogen) atoms. The molecule has 2 N–H and O–H groups in total. The van der Waals surface area contributed by atoms with Gasteiger partial charge in [0.05, 0.1) is 4.90 Å². The number of carboxylic acid groups (broad SMARTS) is 1. The molecular formula is C25H24FNO5S. The second-order valence-electron chi connectivity index (χ2n) is 7.99. The molecule has 3 aromatic rings. The largest absolute Gasteiger partial charge is 0.480 e. The van der Waals surface area contributed by atoms with E-state index in [1.54, 1.807) is 26.0 Å². The van der Waals surface area contributed by atoms with Gasteiger partial charge in [0.15, 0.2) is 0 Å². The number of rotatable bonds is 9. The summed E-state index contributed by atoms with van der Waals surface area (Å²) in [6.45, 7) is 3.29. The Kier molecular flexibility index (Phi) is 7.30. The fourth-order valence-corrected chi connectivity index (χ4v) is 4.39. The molecule has 0 aromatic heterocycles. The average Bonchev–Trinajstić information content (AvgIpc) is 2.79.